The summed E-state index contributed by atoms with van der Waals surface area (Å²) in [4.78, 5) is 109. The molecule has 9 N–H and O–H groups in total. The molecule has 0 unspecified atom stereocenters. The van der Waals surface area contributed by atoms with Gasteiger partial charge in [-0.25, -0.2) is 4.79 Å². The lowest BCUT2D eigenvalue weighted by atomic mass is 10.0. The van der Waals surface area contributed by atoms with Gasteiger partial charge in [0.05, 0.1) is 106 Å². The third kappa shape index (κ3) is 38.9. The van der Waals surface area contributed by atoms with Crippen LogP contribution in [0, 0.1) is 11.8 Å². The molecular formula is C48H87N7O20. The second-order valence-corrected chi connectivity index (χ2v) is 18.5. The zero-order valence-corrected chi connectivity index (χ0v) is 45.3. The highest BCUT2D eigenvalue weighted by Gasteiger charge is 2.29. The molecular weight excluding hydrogens is 995 g/mol. The van der Waals surface area contributed by atoms with Crippen LogP contribution >= 0.6 is 0 Å². The molecule has 0 aliphatic heterocycles. The third-order valence-electron chi connectivity index (χ3n) is 9.95. The minimum atomic E-state index is -1.18. The zero-order valence-electron chi connectivity index (χ0n) is 45.3. The first-order valence-corrected chi connectivity index (χ1v) is 25.3. The summed E-state index contributed by atoms with van der Waals surface area (Å²) in [5, 5.41) is 35.9. The Morgan fingerprint density at radius 1 is 0.400 bits per heavy atom. The Hall–Kier alpha value is -5.29. The van der Waals surface area contributed by atoms with Gasteiger partial charge >= 0.3 is 18.0 Å². The number of rotatable bonds is 45. The van der Waals surface area contributed by atoms with Crippen LogP contribution in [0.15, 0.2) is 0 Å². The van der Waals surface area contributed by atoms with Crippen LogP contribution in [0.4, 0.5) is 4.79 Å². The molecule has 0 heterocycles. The van der Waals surface area contributed by atoms with Crippen LogP contribution < -0.4 is 37.2 Å². The molecule has 27 nitrogen and oxygen atoms in total. The van der Waals surface area contributed by atoms with E-state index in [1.165, 1.54) is 13.8 Å². The Morgan fingerprint density at radius 2 is 0.733 bits per heavy atom. The van der Waals surface area contributed by atoms with Crippen LogP contribution in [0.5, 0.6) is 0 Å². The van der Waals surface area contributed by atoms with Crippen molar-refractivity contribution in [1.82, 2.24) is 37.2 Å². The Labute approximate surface area is 440 Å². The van der Waals surface area contributed by atoms with Crippen LogP contribution in [-0.4, -0.2) is 218 Å². The van der Waals surface area contributed by atoms with E-state index in [1.807, 2.05) is 0 Å². The van der Waals surface area contributed by atoms with E-state index in [9.17, 15) is 43.2 Å². The molecule has 0 aliphatic rings. The number of ether oxygens (including phenoxy) is 9. The molecule has 5 atom stereocenters. The van der Waals surface area contributed by atoms with Gasteiger partial charge in [0.2, 0.25) is 35.4 Å². The summed E-state index contributed by atoms with van der Waals surface area (Å²) < 4.78 is 49.0. The van der Waals surface area contributed by atoms with Crippen molar-refractivity contribution in [2.75, 3.05) is 119 Å². The lowest BCUT2D eigenvalue weighted by Crippen LogP contribution is -2.53. The minimum Gasteiger partial charge on any atom is -0.480 e. The maximum atomic E-state index is 13.0. The summed E-state index contributed by atoms with van der Waals surface area (Å²) in [5.41, 5.74) is -0.815. The first-order valence-electron chi connectivity index (χ1n) is 25.3. The lowest BCUT2D eigenvalue weighted by Gasteiger charge is -2.23. The van der Waals surface area contributed by atoms with Crippen molar-refractivity contribution in [3.8, 4) is 0 Å². The smallest absolute Gasteiger partial charge is 0.408 e. The van der Waals surface area contributed by atoms with E-state index >= 15 is 0 Å². The predicted molar refractivity (Wildman–Crippen MR) is 268 cm³/mol. The quantitative estimate of drug-likeness (QED) is 0.0339. The molecule has 7 amide bonds. The summed E-state index contributed by atoms with van der Waals surface area (Å²) in [6, 6.07) is -5.01. The van der Waals surface area contributed by atoms with Crippen LogP contribution in [0.2, 0.25) is 0 Å². The number of amides is 7. The van der Waals surface area contributed by atoms with Gasteiger partial charge in [-0.05, 0) is 52.9 Å². The third-order valence-corrected chi connectivity index (χ3v) is 9.95. The molecule has 0 saturated heterocycles. The SMILES string of the molecule is CC(C)[C@H](NC(=O)CCOCCOCCOCCOCCNC(=O)CC[C@H](NC(=O)OC(C)(C)C)C(=O)NCCOCCOCCOCCOCCC(=O)N[C@H](C(=O)N[C@@H](C)C(=O)O)C(C)C)C(=O)N[C@@H](C)C(=O)O. The number of carbonyl (C=O) groups is 9. The van der Waals surface area contributed by atoms with E-state index in [0.29, 0.717) is 13.2 Å². The molecule has 0 radical (unpaired) electrons. The average molecular weight is 1080 g/mol. The highest BCUT2D eigenvalue weighted by molar-refractivity contribution is 5.91. The predicted octanol–water partition coefficient (Wildman–Crippen LogP) is -0.735. The van der Waals surface area contributed by atoms with Gasteiger partial charge in [0.15, 0.2) is 0 Å². The van der Waals surface area contributed by atoms with Crippen molar-refractivity contribution in [1.29, 1.82) is 0 Å². The number of carboxylic acid groups (broad SMARTS) is 2. The molecule has 75 heavy (non-hydrogen) atoms. The summed E-state index contributed by atoms with van der Waals surface area (Å²) in [7, 11) is 0. The fraction of sp³-hybridized carbons (Fsp3) is 0.812. The maximum Gasteiger partial charge on any atom is 0.408 e. The summed E-state index contributed by atoms with van der Waals surface area (Å²) in [6.45, 7) is 18.8. The largest absolute Gasteiger partial charge is 0.480 e. The van der Waals surface area contributed by atoms with Gasteiger partial charge < -0.3 is 90.1 Å². The molecule has 0 aromatic heterocycles. The van der Waals surface area contributed by atoms with Crippen molar-refractivity contribution in [2.45, 2.75) is 124 Å². The van der Waals surface area contributed by atoms with Gasteiger partial charge in [-0.3, -0.25) is 38.4 Å². The highest BCUT2D eigenvalue weighted by Crippen LogP contribution is 2.09. The first kappa shape index (κ1) is 69.7. The summed E-state index contributed by atoms with van der Waals surface area (Å²) >= 11 is 0. The topological polar surface area (TPSA) is 361 Å². The number of carboxylic acids is 2. The van der Waals surface area contributed by atoms with E-state index in [1.54, 1.807) is 48.5 Å². The van der Waals surface area contributed by atoms with E-state index in [4.69, 9.17) is 52.8 Å². The maximum absolute atomic E-state index is 13.0. The number of carbonyl (C=O) groups excluding carboxylic acids is 7. The Morgan fingerprint density at radius 3 is 1.07 bits per heavy atom. The fourth-order valence-corrected chi connectivity index (χ4v) is 5.86. The van der Waals surface area contributed by atoms with Gasteiger partial charge in [-0.1, -0.05) is 27.7 Å². The molecule has 0 bridgehead atoms. The Balaban J connectivity index is 4.17. The molecule has 0 fully saturated rings. The van der Waals surface area contributed by atoms with E-state index in [2.05, 4.69) is 37.2 Å². The van der Waals surface area contributed by atoms with Crippen LogP contribution in [0.25, 0.3) is 0 Å². The highest BCUT2D eigenvalue weighted by atomic mass is 16.6. The molecule has 0 aromatic carbocycles. The van der Waals surface area contributed by atoms with Crippen molar-refractivity contribution >= 4 is 53.5 Å². The van der Waals surface area contributed by atoms with Gasteiger partial charge in [-0.15, -0.1) is 0 Å². The van der Waals surface area contributed by atoms with Crippen molar-refractivity contribution in [3.63, 3.8) is 0 Å². The molecule has 0 spiro atoms. The number of aliphatic carboxylic acids is 2. The van der Waals surface area contributed by atoms with Crippen LogP contribution in [-0.2, 0) is 81.0 Å². The minimum absolute atomic E-state index is 0.00242. The van der Waals surface area contributed by atoms with Crippen molar-refractivity contribution in [3.05, 3.63) is 0 Å². The number of hydrogen-bond acceptors (Lipinski definition) is 18. The average Bonchev–Trinajstić information content (AvgIpc) is 3.32. The second kappa shape index (κ2) is 41.9. The molecule has 0 saturated carbocycles. The van der Waals surface area contributed by atoms with E-state index in [0.717, 1.165) is 0 Å². The van der Waals surface area contributed by atoms with Gasteiger partial charge in [0, 0.05) is 32.4 Å². The number of nitrogens with one attached hydrogen (secondary N) is 7. The van der Waals surface area contributed by atoms with Gasteiger partial charge in [0.1, 0.15) is 35.8 Å². The standard InChI is InChI=1S/C48H87N7O20/c1-32(2)40(43(60)51-34(5)45(62)63)54-38(57)12-16-67-20-24-71-28-30-73-26-22-69-18-14-49-37(56)11-10-36(53-47(66)75-48(7,8)9)42(59)50-15-19-70-23-27-74-31-29-72-25-21-68-17-13-39(58)55-41(33(3)4)44(61)52-35(6)46(64)65/h32-36,40-41H,10-31H2,1-9H3,(H,49,56)(H,50,59)(H,51,60)(H,52,61)(H,53,66)(H,54,57)(H,55,58)(H,62,63)(H,64,65)/t34-,35-,36-,40-,41-/m0/s1. The molecule has 434 valence electrons. The van der Waals surface area contributed by atoms with Crippen LogP contribution in [0.1, 0.15) is 88.0 Å². The number of hydrogen-bond donors (Lipinski definition) is 9. The van der Waals surface area contributed by atoms with Crippen LogP contribution in [0.3, 0.4) is 0 Å². The second-order valence-electron chi connectivity index (χ2n) is 18.5. The summed E-state index contributed by atoms with van der Waals surface area (Å²) in [6.07, 6.45) is -0.881. The molecule has 0 aromatic rings. The fourth-order valence-electron chi connectivity index (χ4n) is 5.86. The lowest BCUT2D eigenvalue weighted by molar-refractivity contribution is -0.142. The van der Waals surface area contributed by atoms with Crippen molar-refractivity contribution in [2.24, 2.45) is 11.8 Å². The molecule has 0 aliphatic carbocycles. The van der Waals surface area contributed by atoms with Gasteiger partial charge in [0.25, 0.3) is 0 Å². The summed E-state index contributed by atoms with van der Waals surface area (Å²) in [5.74, 6) is -5.73. The number of alkyl carbamates (subject to hydrolysis) is 1. The Bertz CT molecular complexity index is 1680. The Kier molecular flexibility index (Phi) is 38.9. The van der Waals surface area contributed by atoms with E-state index < -0.39 is 83.4 Å². The molecule has 0 rings (SSSR count). The normalized spacial score (nSPS) is 13.4. The van der Waals surface area contributed by atoms with E-state index in [-0.39, 0.29) is 149 Å². The molecule has 27 heteroatoms. The monoisotopic (exact) mass is 1080 g/mol. The van der Waals surface area contributed by atoms with Gasteiger partial charge in [-0.2, -0.15) is 0 Å². The van der Waals surface area contributed by atoms with Crippen molar-refractivity contribution < 1.29 is 96.0 Å². The first-order chi connectivity index (χ1) is 35.4. The zero-order chi connectivity index (χ0) is 56.6.